The minimum Gasteiger partial charge on any atom is -0.458 e. The van der Waals surface area contributed by atoms with Crippen LogP contribution in [0.5, 0.6) is 0 Å². The lowest BCUT2D eigenvalue weighted by molar-refractivity contribution is -0.159. The molecule has 2 N–H and O–H groups in total. The number of amides is 3. The number of unbranched alkanes of at least 4 members (excludes halogenated alkanes) is 3. The fourth-order valence-electron chi connectivity index (χ4n) is 4.86. The SMILES string of the molecule is CCCCCCN(C(=O)CNC(=O)OC(C)(C)C)C(C(=O)NC(Cc1ccccc1)C(=O)OC(C)(C)C)c1cccc(C)c1C. The Balaban J connectivity index is 2.53. The monoisotopic (exact) mass is 623 g/mol. The Morgan fingerprint density at radius 3 is 2.07 bits per heavy atom. The lowest BCUT2D eigenvalue weighted by atomic mass is 9.94. The number of esters is 1. The summed E-state index contributed by atoms with van der Waals surface area (Å²) in [4.78, 5) is 55.7. The summed E-state index contributed by atoms with van der Waals surface area (Å²) in [6, 6.07) is 13.0. The standard InChI is InChI=1S/C36H53N3O6/c1-10-11-12-16-22-39(30(40)24-37-34(43)45-36(7,8)9)31(28-21-17-18-25(2)26(28)3)32(41)38-29(33(42)44-35(4,5)6)23-27-19-14-13-15-20-27/h13-15,17-21,29,31H,10-12,16,22-24H2,1-9H3,(H,37,43)(H,38,41). The maximum atomic E-state index is 14.4. The Labute approximate surface area is 269 Å². The van der Waals surface area contributed by atoms with Gasteiger partial charge in [0.05, 0.1) is 0 Å². The van der Waals surface area contributed by atoms with Gasteiger partial charge in [-0.1, -0.05) is 74.7 Å². The lowest BCUT2D eigenvalue weighted by Gasteiger charge is -2.34. The van der Waals surface area contributed by atoms with Crippen LogP contribution in [0.1, 0.15) is 102 Å². The predicted octanol–water partition coefficient (Wildman–Crippen LogP) is 6.35. The average Bonchev–Trinajstić information content (AvgIpc) is 2.93. The third-order valence-electron chi connectivity index (χ3n) is 7.15. The highest BCUT2D eigenvalue weighted by Gasteiger charge is 2.36. The molecule has 0 aliphatic rings. The van der Waals surface area contributed by atoms with Crippen LogP contribution in [-0.2, 0) is 30.3 Å². The van der Waals surface area contributed by atoms with Gasteiger partial charge >= 0.3 is 12.1 Å². The van der Waals surface area contributed by atoms with Crippen molar-refractivity contribution >= 4 is 23.9 Å². The topological polar surface area (TPSA) is 114 Å². The quantitative estimate of drug-likeness (QED) is 0.187. The molecule has 0 aromatic heterocycles. The number of alkyl carbamates (subject to hydrolysis) is 1. The zero-order chi connectivity index (χ0) is 33.8. The molecule has 0 saturated carbocycles. The van der Waals surface area contributed by atoms with E-state index in [-0.39, 0.29) is 19.5 Å². The highest BCUT2D eigenvalue weighted by Crippen LogP contribution is 2.28. The molecule has 0 aliphatic carbocycles. The molecule has 0 saturated heterocycles. The van der Waals surface area contributed by atoms with Crippen LogP contribution < -0.4 is 10.6 Å². The second-order valence-electron chi connectivity index (χ2n) is 13.5. The largest absolute Gasteiger partial charge is 0.458 e. The molecule has 0 fully saturated rings. The van der Waals surface area contributed by atoms with E-state index in [0.717, 1.165) is 36.0 Å². The molecule has 3 amide bonds. The third-order valence-corrected chi connectivity index (χ3v) is 7.15. The first-order valence-corrected chi connectivity index (χ1v) is 15.9. The summed E-state index contributed by atoms with van der Waals surface area (Å²) in [6.07, 6.45) is 3.02. The molecular weight excluding hydrogens is 570 g/mol. The van der Waals surface area contributed by atoms with Gasteiger partial charge in [0.1, 0.15) is 29.8 Å². The number of aryl methyl sites for hydroxylation is 1. The van der Waals surface area contributed by atoms with Gasteiger partial charge in [-0.2, -0.15) is 0 Å². The minimum atomic E-state index is -1.06. The summed E-state index contributed by atoms with van der Waals surface area (Å²) < 4.78 is 11.0. The van der Waals surface area contributed by atoms with Crippen LogP contribution in [0.4, 0.5) is 4.79 Å². The molecule has 2 atom stereocenters. The van der Waals surface area contributed by atoms with E-state index in [0.29, 0.717) is 12.0 Å². The molecule has 2 rings (SSSR count). The van der Waals surface area contributed by atoms with Crippen molar-refractivity contribution in [2.75, 3.05) is 13.1 Å². The number of hydrogen-bond acceptors (Lipinski definition) is 6. The third kappa shape index (κ3) is 12.9. The highest BCUT2D eigenvalue weighted by molar-refractivity contribution is 5.93. The first-order chi connectivity index (χ1) is 21.0. The molecule has 0 heterocycles. The van der Waals surface area contributed by atoms with Gasteiger partial charge in [0, 0.05) is 13.0 Å². The lowest BCUT2D eigenvalue weighted by Crippen LogP contribution is -2.52. The number of carbonyl (C=O) groups excluding carboxylic acids is 4. The number of carbonyl (C=O) groups is 4. The van der Waals surface area contributed by atoms with E-state index in [1.165, 1.54) is 4.90 Å². The van der Waals surface area contributed by atoms with Crippen molar-refractivity contribution in [3.8, 4) is 0 Å². The van der Waals surface area contributed by atoms with E-state index >= 15 is 0 Å². The molecule has 9 heteroatoms. The van der Waals surface area contributed by atoms with Crippen molar-refractivity contribution < 1.29 is 28.7 Å². The maximum absolute atomic E-state index is 14.4. The first-order valence-electron chi connectivity index (χ1n) is 15.9. The summed E-state index contributed by atoms with van der Waals surface area (Å²) in [5.74, 6) is -1.50. The molecule has 45 heavy (non-hydrogen) atoms. The maximum Gasteiger partial charge on any atom is 0.408 e. The number of nitrogens with zero attached hydrogens (tertiary/aromatic N) is 1. The summed E-state index contributed by atoms with van der Waals surface area (Å²) in [5.41, 5.74) is 1.83. The predicted molar refractivity (Wildman–Crippen MR) is 177 cm³/mol. The second kappa shape index (κ2) is 17.0. The number of nitrogens with one attached hydrogen (secondary N) is 2. The van der Waals surface area contributed by atoms with Gasteiger partial charge in [-0.25, -0.2) is 9.59 Å². The molecule has 0 aliphatic heterocycles. The normalized spacial score (nSPS) is 12.9. The van der Waals surface area contributed by atoms with Crippen molar-refractivity contribution in [2.24, 2.45) is 0 Å². The number of ether oxygens (including phenoxy) is 2. The molecule has 9 nitrogen and oxygen atoms in total. The molecule has 0 bridgehead atoms. The van der Waals surface area contributed by atoms with E-state index in [1.54, 1.807) is 41.5 Å². The molecule has 248 valence electrons. The Kier molecular flexibility index (Phi) is 14.1. The van der Waals surface area contributed by atoms with Gasteiger partial charge in [0.15, 0.2) is 0 Å². The smallest absolute Gasteiger partial charge is 0.408 e. The van der Waals surface area contributed by atoms with E-state index in [1.807, 2.05) is 62.4 Å². The van der Waals surface area contributed by atoms with E-state index in [4.69, 9.17) is 9.47 Å². The Hall–Kier alpha value is -3.88. The molecule has 0 spiro atoms. The molecule has 2 unspecified atom stereocenters. The zero-order valence-electron chi connectivity index (χ0n) is 28.6. The highest BCUT2D eigenvalue weighted by atomic mass is 16.6. The van der Waals surface area contributed by atoms with Gasteiger partial charge in [-0.3, -0.25) is 9.59 Å². The van der Waals surface area contributed by atoms with Crippen molar-refractivity contribution in [3.05, 3.63) is 70.8 Å². The molecule has 2 aromatic carbocycles. The second-order valence-corrected chi connectivity index (χ2v) is 13.5. The van der Waals surface area contributed by atoms with Crippen LogP contribution in [0.3, 0.4) is 0 Å². The number of rotatable bonds is 14. The van der Waals surface area contributed by atoms with Crippen molar-refractivity contribution in [1.29, 1.82) is 0 Å². The zero-order valence-corrected chi connectivity index (χ0v) is 28.6. The van der Waals surface area contributed by atoms with Crippen molar-refractivity contribution in [1.82, 2.24) is 15.5 Å². The summed E-state index contributed by atoms with van der Waals surface area (Å²) in [7, 11) is 0. The van der Waals surface area contributed by atoms with E-state index in [2.05, 4.69) is 17.6 Å². The van der Waals surface area contributed by atoms with E-state index in [9.17, 15) is 19.2 Å². The van der Waals surface area contributed by atoms with Crippen LogP contribution >= 0.6 is 0 Å². The van der Waals surface area contributed by atoms with Crippen LogP contribution in [0.15, 0.2) is 48.5 Å². The summed E-state index contributed by atoms with van der Waals surface area (Å²) in [5, 5.41) is 5.50. The van der Waals surface area contributed by atoms with Crippen LogP contribution in [0.25, 0.3) is 0 Å². The van der Waals surface area contributed by atoms with Gasteiger partial charge in [0.25, 0.3) is 0 Å². The summed E-state index contributed by atoms with van der Waals surface area (Å²) in [6.45, 7) is 16.5. The molecule has 0 radical (unpaired) electrons. The summed E-state index contributed by atoms with van der Waals surface area (Å²) >= 11 is 0. The van der Waals surface area contributed by atoms with E-state index < -0.39 is 47.2 Å². The van der Waals surface area contributed by atoms with Crippen molar-refractivity contribution in [2.45, 2.75) is 118 Å². The number of benzene rings is 2. The van der Waals surface area contributed by atoms with Crippen LogP contribution in [0, 0.1) is 13.8 Å². The Morgan fingerprint density at radius 1 is 0.822 bits per heavy atom. The number of hydrogen-bond donors (Lipinski definition) is 2. The Morgan fingerprint density at radius 2 is 1.47 bits per heavy atom. The fourth-order valence-corrected chi connectivity index (χ4v) is 4.86. The van der Waals surface area contributed by atoms with Gasteiger partial charge in [0.2, 0.25) is 11.8 Å². The Bertz CT molecular complexity index is 1280. The van der Waals surface area contributed by atoms with Gasteiger partial charge < -0.3 is 25.0 Å². The van der Waals surface area contributed by atoms with Gasteiger partial charge in [-0.15, -0.1) is 0 Å². The van der Waals surface area contributed by atoms with Crippen LogP contribution in [-0.4, -0.2) is 59.1 Å². The molecule has 2 aromatic rings. The average molecular weight is 624 g/mol. The van der Waals surface area contributed by atoms with Gasteiger partial charge in [-0.05, 0) is 84.1 Å². The first kappa shape index (κ1) is 37.3. The minimum absolute atomic E-state index is 0.214. The van der Waals surface area contributed by atoms with Crippen LogP contribution in [0.2, 0.25) is 0 Å². The fraction of sp³-hybridized carbons (Fsp3) is 0.556. The van der Waals surface area contributed by atoms with Crippen molar-refractivity contribution in [3.63, 3.8) is 0 Å². The molecular formula is C36H53N3O6.